The van der Waals surface area contributed by atoms with Crippen molar-refractivity contribution >= 4 is 5.69 Å². The lowest BCUT2D eigenvalue weighted by molar-refractivity contribution is 0.118. The molecule has 1 rings (SSSR count). The molecule has 0 unspecified atom stereocenters. The molecule has 5 heteroatoms. The molecule has 0 fully saturated rings. The Labute approximate surface area is 108 Å². The zero-order valence-corrected chi connectivity index (χ0v) is 10.8. The van der Waals surface area contributed by atoms with E-state index in [9.17, 15) is 0 Å². The molecule has 3 N–H and O–H groups in total. The average Bonchev–Trinajstić information content (AvgIpc) is 2.36. The Hall–Kier alpha value is -1.30. The van der Waals surface area contributed by atoms with Crippen molar-refractivity contribution in [1.29, 1.82) is 0 Å². The van der Waals surface area contributed by atoms with Crippen molar-refractivity contribution < 1.29 is 14.6 Å². The SMILES string of the molecule is COCCN(CCO)CCOc1cccc(N)c1. The maximum Gasteiger partial charge on any atom is 0.121 e. The second-order valence-corrected chi connectivity index (χ2v) is 3.98. The first-order chi connectivity index (χ1) is 8.76. The van der Waals surface area contributed by atoms with Crippen molar-refractivity contribution in [2.75, 3.05) is 52.3 Å². The molecule has 0 aliphatic heterocycles. The number of hydrogen-bond acceptors (Lipinski definition) is 5. The van der Waals surface area contributed by atoms with E-state index < -0.39 is 0 Å². The molecule has 0 aromatic heterocycles. The number of rotatable bonds is 9. The number of ether oxygens (including phenoxy) is 2. The number of anilines is 1. The average molecular weight is 254 g/mol. The fourth-order valence-corrected chi connectivity index (χ4v) is 1.59. The molecule has 18 heavy (non-hydrogen) atoms. The molecular formula is C13H22N2O3. The zero-order chi connectivity index (χ0) is 13.2. The number of nitrogens with two attached hydrogens (primary N) is 1. The van der Waals surface area contributed by atoms with Crippen molar-refractivity contribution in [3.05, 3.63) is 24.3 Å². The molecule has 0 atom stereocenters. The van der Waals surface area contributed by atoms with Gasteiger partial charge in [0.15, 0.2) is 0 Å². The van der Waals surface area contributed by atoms with Gasteiger partial charge in [-0.3, -0.25) is 4.90 Å². The van der Waals surface area contributed by atoms with E-state index in [0.717, 1.165) is 18.8 Å². The highest BCUT2D eigenvalue weighted by molar-refractivity contribution is 5.43. The van der Waals surface area contributed by atoms with Crippen LogP contribution in [-0.4, -0.2) is 56.6 Å². The summed E-state index contributed by atoms with van der Waals surface area (Å²) < 4.78 is 10.6. The van der Waals surface area contributed by atoms with Crippen LogP contribution in [-0.2, 0) is 4.74 Å². The fraction of sp³-hybridized carbons (Fsp3) is 0.538. The van der Waals surface area contributed by atoms with Gasteiger partial charge in [-0.15, -0.1) is 0 Å². The van der Waals surface area contributed by atoms with E-state index in [0.29, 0.717) is 25.4 Å². The molecule has 0 aliphatic rings. The molecule has 0 spiro atoms. The predicted molar refractivity (Wildman–Crippen MR) is 71.8 cm³/mol. The van der Waals surface area contributed by atoms with Crippen LogP contribution in [0.1, 0.15) is 0 Å². The van der Waals surface area contributed by atoms with Gasteiger partial charge in [0.1, 0.15) is 12.4 Å². The first-order valence-electron chi connectivity index (χ1n) is 6.06. The molecule has 1 aromatic rings. The summed E-state index contributed by atoms with van der Waals surface area (Å²) in [5, 5.41) is 8.95. The first-order valence-corrected chi connectivity index (χ1v) is 6.06. The van der Waals surface area contributed by atoms with Gasteiger partial charge >= 0.3 is 0 Å². The van der Waals surface area contributed by atoms with Gasteiger partial charge < -0.3 is 20.3 Å². The Morgan fingerprint density at radius 3 is 2.67 bits per heavy atom. The van der Waals surface area contributed by atoms with Gasteiger partial charge in [0.05, 0.1) is 13.2 Å². The number of nitrogens with zero attached hydrogens (tertiary/aromatic N) is 1. The van der Waals surface area contributed by atoms with E-state index in [2.05, 4.69) is 4.90 Å². The van der Waals surface area contributed by atoms with E-state index in [1.807, 2.05) is 18.2 Å². The molecule has 0 heterocycles. The minimum absolute atomic E-state index is 0.141. The van der Waals surface area contributed by atoms with Gasteiger partial charge in [-0.05, 0) is 12.1 Å². The largest absolute Gasteiger partial charge is 0.492 e. The van der Waals surface area contributed by atoms with E-state index in [1.165, 1.54) is 0 Å². The Morgan fingerprint density at radius 1 is 1.22 bits per heavy atom. The molecule has 0 radical (unpaired) electrons. The summed E-state index contributed by atoms with van der Waals surface area (Å²) in [6.45, 7) is 3.52. The third-order valence-corrected chi connectivity index (χ3v) is 2.56. The monoisotopic (exact) mass is 254 g/mol. The predicted octanol–water partition coefficient (Wildman–Crippen LogP) is 0.588. The number of benzene rings is 1. The van der Waals surface area contributed by atoms with Gasteiger partial charge in [-0.2, -0.15) is 0 Å². The third kappa shape index (κ3) is 5.86. The highest BCUT2D eigenvalue weighted by Gasteiger charge is 2.04. The summed E-state index contributed by atoms with van der Waals surface area (Å²) in [5.74, 6) is 0.769. The van der Waals surface area contributed by atoms with Crippen molar-refractivity contribution in [1.82, 2.24) is 4.90 Å². The lowest BCUT2D eigenvalue weighted by atomic mass is 10.3. The van der Waals surface area contributed by atoms with Crippen LogP contribution in [0.5, 0.6) is 5.75 Å². The quantitative estimate of drug-likeness (QED) is 0.631. The first kappa shape index (κ1) is 14.8. The summed E-state index contributed by atoms with van der Waals surface area (Å²) >= 11 is 0. The van der Waals surface area contributed by atoms with Crippen LogP contribution in [0.3, 0.4) is 0 Å². The van der Waals surface area contributed by atoms with Crippen molar-refractivity contribution in [3.8, 4) is 5.75 Å². The van der Waals surface area contributed by atoms with E-state index in [4.69, 9.17) is 20.3 Å². The van der Waals surface area contributed by atoms with Crippen LogP contribution >= 0.6 is 0 Å². The van der Waals surface area contributed by atoms with Crippen LogP contribution in [0.25, 0.3) is 0 Å². The van der Waals surface area contributed by atoms with Gasteiger partial charge in [0.2, 0.25) is 0 Å². The summed E-state index contributed by atoms with van der Waals surface area (Å²) in [6, 6.07) is 7.36. The number of nitrogen functional groups attached to an aromatic ring is 1. The maximum atomic E-state index is 8.95. The minimum Gasteiger partial charge on any atom is -0.492 e. The second-order valence-electron chi connectivity index (χ2n) is 3.98. The fourth-order valence-electron chi connectivity index (χ4n) is 1.59. The van der Waals surface area contributed by atoms with Crippen molar-refractivity contribution in [3.63, 3.8) is 0 Å². The Kier molecular flexibility index (Phi) is 7.17. The molecule has 5 nitrogen and oxygen atoms in total. The maximum absolute atomic E-state index is 8.95. The van der Waals surface area contributed by atoms with Gasteiger partial charge in [-0.25, -0.2) is 0 Å². The third-order valence-electron chi connectivity index (χ3n) is 2.56. The molecule has 0 bridgehead atoms. The molecule has 1 aromatic carbocycles. The summed E-state index contributed by atoms with van der Waals surface area (Å²) in [4.78, 5) is 2.09. The van der Waals surface area contributed by atoms with E-state index in [1.54, 1.807) is 13.2 Å². The van der Waals surface area contributed by atoms with Gasteiger partial charge in [-0.1, -0.05) is 6.07 Å². The van der Waals surface area contributed by atoms with Crippen LogP contribution in [0.4, 0.5) is 5.69 Å². The van der Waals surface area contributed by atoms with Crippen LogP contribution in [0.15, 0.2) is 24.3 Å². The van der Waals surface area contributed by atoms with E-state index in [-0.39, 0.29) is 6.61 Å². The lowest BCUT2D eigenvalue weighted by Gasteiger charge is -2.20. The summed E-state index contributed by atoms with van der Waals surface area (Å²) in [5.41, 5.74) is 6.36. The number of aliphatic hydroxyl groups excluding tert-OH is 1. The van der Waals surface area contributed by atoms with Crippen LogP contribution in [0, 0.1) is 0 Å². The molecule has 102 valence electrons. The van der Waals surface area contributed by atoms with Gasteiger partial charge in [0.25, 0.3) is 0 Å². The molecule has 0 saturated heterocycles. The Morgan fingerprint density at radius 2 is 2.00 bits per heavy atom. The normalized spacial score (nSPS) is 10.8. The van der Waals surface area contributed by atoms with E-state index >= 15 is 0 Å². The Balaban J connectivity index is 2.29. The summed E-state index contributed by atoms with van der Waals surface area (Å²) in [6.07, 6.45) is 0. The Bertz CT molecular complexity index is 334. The lowest BCUT2D eigenvalue weighted by Crippen LogP contribution is -2.33. The molecule has 0 saturated carbocycles. The zero-order valence-electron chi connectivity index (χ0n) is 10.8. The molecule has 0 amide bonds. The standard InChI is InChI=1S/C13H22N2O3/c1-17-9-6-15(5-8-16)7-10-18-13-4-2-3-12(14)11-13/h2-4,11,16H,5-10,14H2,1H3. The minimum atomic E-state index is 0.141. The summed E-state index contributed by atoms with van der Waals surface area (Å²) in [7, 11) is 1.67. The van der Waals surface area contributed by atoms with Gasteiger partial charge in [0, 0.05) is 38.5 Å². The van der Waals surface area contributed by atoms with Crippen LogP contribution in [0.2, 0.25) is 0 Å². The number of hydrogen-bond donors (Lipinski definition) is 2. The molecular weight excluding hydrogens is 232 g/mol. The second kappa shape index (κ2) is 8.74. The van der Waals surface area contributed by atoms with Crippen LogP contribution < -0.4 is 10.5 Å². The van der Waals surface area contributed by atoms with Crippen molar-refractivity contribution in [2.45, 2.75) is 0 Å². The highest BCUT2D eigenvalue weighted by atomic mass is 16.5. The highest BCUT2D eigenvalue weighted by Crippen LogP contribution is 2.14. The number of aliphatic hydroxyl groups is 1. The molecule has 0 aliphatic carbocycles. The van der Waals surface area contributed by atoms with Crippen molar-refractivity contribution in [2.24, 2.45) is 0 Å². The smallest absolute Gasteiger partial charge is 0.121 e. The number of methoxy groups -OCH3 is 1. The topological polar surface area (TPSA) is 68.0 Å².